The predicted octanol–water partition coefficient (Wildman–Crippen LogP) is 2.51. The van der Waals surface area contributed by atoms with E-state index in [2.05, 4.69) is 10.8 Å². The van der Waals surface area contributed by atoms with Gasteiger partial charge in [0, 0.05) is 41.7 Å². The molecule has 2 aliphatic heterocycles. The van der Waals surface area contributed by atoms with Crippen molar-refractivity contribution in [2.45, 2.75) is 6.42 Å². The molecule has 126 valence electrons. The number of nitrogens with one attached hydrogen (secondary N) is 2. The van der Waals surface area contributed by atoms with Gasteiger partial charge in [0.05, 0.1) is 10.8 Å². The smallest absolute Gasteiger partial charge is 0.269 e. The van der Waals surface area contributed by atoms with Crippen LogP contribution < -0.4 is 10.8 Å². The van der Waals surface area contributed by atoms with Crippen molar-refractivity contribution >= 4 is 11.5 Å². The normalized spacial score (nSPS) is 20.9. The highest BCUT2D eigenvalue weighted by atomic mass is 16.7. The van der Waals surface area contributed by atoms with Crippen LogP contribution in [0.2, 0.25) is 0 Å². The summed E-state index contributed by atoms with van der Waals surface area (Å²) in [5.41, 5.74) is 5.92. The van der Waals surface area contributed by atoms with Crippen molar-refractivity contribution in [1.82, 2.24) is 10.8 Å². The lowest BCUT2D eigenvalue weighted by Crippen LogP contribution is -2.29. The summed E-state index contributed by atoms with van der Waals surface area (Å²) in [6.45, 7) is 0.565. The van der Waals surface area contributed by atoms with E-state index in [1.165, 1.54) is 24.3 Å². The number of nitro groups is 1. The van der Waals surface area contributed by atoms with E-state index in [4.69, 9.17) is 4.84 Å². The molecule has 1 aromatic carbocycles. The van der Waals surface area contributed by atoms with E-state index in [0.29, 0.717) is 18.5 Å². The van der Waals surface area contributed by atoms with Gasteiger partial charge in [-0.15, -0.1) is 0 Å². The van der Waals surface area contributed by atoms with E-state index >= 15 is 0 Å². The molecular formula is C18H15N3O4. The predicted molar refractivity (Wildman–Crippen MR) is 90.1 cm³/mol. The van der Waals surface area contributed by atoms with Gasteiger partial charge < -0.3 is 10.2 Å². The Bertz CT molecular complexity index is 878. The Morgan fingerprint density at radius 3 is 2.84 bits per heavy atom. The molecule has 2 heterocycles. The first-order valence-corrected chi connectivity index (χ1v) is 7.90. The molecule has 0 saturated heterocycles. The molecule has 4 rings (SSSR count). The maximum atomic E-state index is 12.9. The van der Waals surface area contributed by atoms with Crippen LogP contribution in [0.5, 0.6) is 0 Å². The third-order valence-electron chi connectivity index (χ3n) is 4.48. The first-order valence-electron chi connectivity index (χ1n) is 7.90. The van der Waals surface area contributed by atoms with E-state index in [9.17, 15) is 14.9 Å². The molecule has 7 heteroatoms. The number of nitro benzene ring substituents is 1. The number of nitrogens with zero attached hydrogens (tertiary/aromatic N) is 1. The topological polar surface area (TPSA) is 93.5 Å². The van der Waals surface area contributed by atoms with Crippen molar-refractivity contribution < 1.29 is 14.6 Å². The van der Waals surface area contributed by atoms with Gasteiger partial charge in [-0.05, 0) is 30.2 Å². The van der Waals surface area contributed by atoms with E-state index < -0.39 is 4.92 Å². The van der Waals surface area contributed by atoms with Crippen LogP contribution in [0.3, 0.4) is 0 Å². The van der Waals surface area contributed by atoms with Crippen molar-refractivity contribution in [2.24, 2.45) is 5.92 Å². The monoisotopic (exact) mass is 337 g/mol. The molecule has 1 unspecified atom stereocenters. The summed E-state index contributed by atoms with van der Waals surface area (Å²) < 4.78 is 0. The molecule has 0 bridgehead atoms. The average molecular weight is 337 g/mol. The Labute approximate surface area is 143 Å². The summed E-state index contributed by atoms with van der Waals surface area (Å²) in [4.78, 5) is 28.6. The zero-order valence-electron chi connectivity index (χ0n) is 13.2. The number of benzene rings is 1. The lowest BCUT2D eigenvalue weighted by Gasteiger charge is -2.23. The zero-order valence-corrected chi connectivity index (χ0v) is 13.2. The third kappa shape index (κ3) is 2.69. The number of hydrogen-bond acceptors (Lipinski definition) is 6. The molecule has 0 fully saturated rings. The van der Waals surface area contributed by atoms with Crippen LogP contribution in [0.15, 0.2) is 71.3 Å². The van der Waals surface area contributed by atoms with Gasteiger partial charge in [-0.3, -0.25) is 14.9 Å². The van der Waals surface area contributed by atoms with Gasteiger partial charge in [0.15, 0.2) is 11.5 Å². The van der Waals surface area contributed by atoms with Gasteiger partial charge in [-0.1, -0.05) is 12.2 Å². The number of non-ortho nitro benzene ring substituents is 1. The van der Waals surface area contributed by atoms with E-state index in [1.54, 1.807) is 6.20 Å². The minimum absolute atomic E-state index is 0.0262. The Morgan fingerprint density at radius 2 is 2.08 bits per heavy atom. The van der Waals surface area contributed by atoms with Crippen LogP contribution in [0.1, 0.15) is 16.8 Å². The zero-order chi connectivity index (χ0) is 17.4. The average Bonchev–Trinajstić information content (AvgIpc) is 2.99. The molecule has 3 aliphatic rings. The number of hydroxylamine groups is 1. The summed E-state index contributed by atoms with van der Waals surface area (Å²) in [5, 5.41) is 14.1. The molecule has 1 aliphatic carbocycles. The quantitative estimate of drug-likeness (QED) is 0.500. The largest absolute Gasteiger partial charge is 0.383 e. The number of hydrogen-bond donors (Lipinski definition) is 2. The maximum Gasteiger partial charge on any atom is 0.269 e. The number of carbonyl (C=O) groups is 1. The van der Waals surface area contributed by atoms with Crippen molar-refractivity contribution in [3.8, 4) is 0 Å². The van der Waals surface area contributed by atoms with Gasteiger partial charge in [0.1, 0.15) is 0 Å². The second-order valence-corrected chi connectivity index (χ2v) is 5.98. The molecule has 0 aromatic heterocycles. The maximum absolute atomic E-state index is 12.9. The molecular weight excluding hydrogens is 322 g/mol. The second kappa shape index (κ2) is 5.94. The molecule has 25 heavy (non-hydrogen) atoms. The number of ketones is 1. The van der Waals surface area contributed by atoms with Crippen LogP contribution >= 0.6 is 0 Å². The van der Waals surface area contributed by atoms with Crippen LogP contribution in [0.4, 0.5) is 5.69 Å². The van der Waals surface area contributed by atoms with Gasteiger partial charge in [-0.2, -0.15) is 0 Å². The fourth-order valence-electron chi connectivity index (χ4n) is 3.17. The van der Waals surface area contributed by atoms with Crippen LogP contribution in [0, 0.1) is 16.0 Å². The summed E-state index contributed by atoms with van der Waals surface area (Å²) in [6, 6.07) is 5.74. The standard InChI is InChI=1S/C18H15N3O4/c22-18(11-4-6-14(7-5-11)21(23)24)15-3-1-2-12-8-16-13(10-20-25-16)9-19-17(12)15/h1-2,4-8,10,15,19-20H,3,9H2. The van der Waals surface area contributed by atoms with Crippen LogP contribution in [0.25, 0.3) is 0 Å². The summed E-state index contributed by atoms with van der Waals surface area (Å²) >= 11 is 0. The minimum Gasteiger partial charge on any atom is -0.383 e. The second-order valence-electron chi connectivity index (χ2n) is 5.98. The Kier molecular flexibility index (Phi) is 3.61. The van der Waals surface area contributed by atoms with Crippen molar-refractivity contribution in [1.29, 1.82) is 0 Å². The minimum atomic E-state index is -0.474. The number of carbonyl (C=O) groups excluding carboxylic acids is 1. The fourth-order valence-corrected chi connectivity index (χ4v) is 3.17. The number of fused-ring (bicyclic) bond motifs is 1. The summed E-state index contributed by atoms with van der Waals surface area (Å²) in [6.07, 6.45) is 8.21. The molecule has 2 N–H and O–H groups in total. The van der Waals surface area contributed by atoms with Gasteiger partial charge in [0.25, 0.3) is 5.69 Å². The third-order valence-corrected chi connectivity index (χ3v) is 4.48. The Morgan fingerprint density at radius 1 is 1.28 bits per heavy atom. The molecule has 1 atom stereocenters. The number of rotatable bonds is 3. The highest BCUT2D eigenvalue weighted by molar-refractivity contribution is 6.00. The molecule has 0 saturated carbocycles. The first-order chi connectivity index (χ1) is 12.1. The van der Waals surface area contributed by atoms with Gasteiger partial charge >= 0.3 is 0 Å². The van der Waals surface area contributed by atoms with Crippen LogP contribution in [-0.4, -0.2) is 17.3 Å². The van der Waals surface area contributed by atoms with E-state index in [0.717, 1.165) is 22.6 Å². The molecule has 7 nitrogen and oxygen atoms in total. The number of Topliss-reactive ketones (excluding diaryl/α,β-unsaturated/α-hetero) is 1. The van der Waals surface area contributed by atoms with E-state index in [1.807, 2.05) is 18.2 Å². The van der Waals surface area contributed by atoms with Crippen molar-refractivity contribution in [3.63, 3.8) is 0 Å². The van der Waals surface area contributed by atoms with Gasteiger partial charge in [-0.25, -0.2) is 5.48 Å². The lowest BCUT2D eigenvalue weighted by molar-refractivity contribution is -0.384. The van der Waals surface area contributed by atoms with Crippen LogP contribution in [-0.2, 0) is 4.84 Å². The fraction of sp³-hybridized carbons (Fsp3) is 0.167. The Hall–Kier alpha value is -3.35. The highest BCUT2D eigenvalue weighted by Gasteiger charge is 2.30. The lowest BCUT2D eigenvalue weighted by atomic mass is 9.85. The van der Waals surface area contributed by atoms with Crippen molar-refractivity contribution in [3.05, 3.63) is 87.0 Å². The number of allylic oxidation sites excluding steroid dienone is 5. The SMILES string of the molecule is O=C(c1ccc([N+](=O)[O-])cc1)C1CC=CC2=C1NCC1=CNOC1=C2. The molecule has 0 amide bonds. The van der Waals surface area contributed by atoms with E-state index in [-0.39, 0.29) is 17.4 Å². The molecule has 0 spiro atoms. The molecule has 0 radical (unpaired) electrons. The summed E-state index contributed by atoms with van der Waals surface area (Å²) in [5.74, 6) is 0.342. The summed E-state index contributed by atoms with van der Waals surface area (Å²) in [7, 11) is 0. The Balaban J connectivity index is 1.64. The molecule has 1 aromatic rings. The highest BCUT2D eigenvalue weighted by Crippen LogP contribution is 2.32. The van der Waals surface area contributed by atoms with Crippen molar-refractivity contribution in [2.75, 3.05) is 6.54 Å². The first kappa shape index (κ1) is 15.2. The van der Waals surface area contributed by atoms with Gasteiger partial charge in [0.2, 0.25) is 0 Å².